The first-order chi connectivity index (χ1) is 20.0. The van der Waals surface area contributed by atoms with E-state index in [1.54, 1.807) is 33.1 Å². The summed E-state index contributed by atoms with van der Waals surface area (Å²) >= 11 is 9.92. The molecule has 232 valence electrons. The predicted octanol–water partition coefficient (Wildman–Crippen LogP) is 2.21. The molecule has 4 aliphatic carbocycles. The molecule has 0 aliphatic heterocycles. The molecule has 0 aromatic heterocycles. The van der Waals surface area contributed by atoms with Gasteiger partial charge in [0.15, 0.2) is 11.4 Å². The Bertz CT molecular complexity index is 1520. The number of aliphatic hydroxyl groups excluding tert-OH is 2. The van der Waals surface area contributed by atoms with Crippen molar-refractivity contribution in [1.29, 1.82) is 0 Å². The van der Waals surface area contributed by atoms with E-state index >= 15 is 0 Å². The maximum Gasteiger partial charge on any atom is 0.276 e. The first-order valence-electron chi connectivity index (χ1n) is 13.9. The largest absolute Gasteiger partial charge is 0.510 e. The number of phenolic OH excluding ortho intramolecular Hbond substituents is 1. The van der Waals surface area contributed by atoms with Gasteiger partial charge >= 0.3 is 0 Å². The number of benzene rings is 1. The van der Waals surface area contributed by atoms with Crippen LogP contribution in [0.5, 0.6) is 5.75 Å². The van der Waals surface area contributed by atoms with Crippen molar-refractivity contribution in [3.05, 3.63) is 44.9 Å². The number of halogens is 2. The third-order valence-corrected chi connectivity index (χ3v) is 10.5. The number of rotatable bonds is 5. The molecule has 4 aliphatic rings. The van der Waals surface area contributed by atoms with E-state index in [2.05, 4.69) is 26.8 Å². The van der Waals surface area contributed by atoms with Gasteiger partial charge in [-0.2, -0.15) is 0 Å². The zero-order valence-corrected chi connectivity index (χ0v) is 26.5. The smallest absolute Gasteiger partial charge is 0.276 e. The quantitative estimate of drug-likeness (QED) is 0.153. The summed E-state index contributed by atoms with van der Waals surface area (Å²) in [5.74, 6) is -7.65. The normalized spacial score (nSPS) is 27.7. The van der Waals surface area contributed by atoms with Crippen molar-refractivity contribution in [2.45, 2.75) is 54.5 Å². The number of aromatic hydroxyl groups is 1. The van der Waals surface area contributed by atoms with Gasteiger partial charge in [0.1, 0.15) is 22.8 Å². The summed E-state index contributed by atoms with van der Waals surface area (Å²) in [6.45, 7) is 0. The number of allylic oxidation sites excluding steroid dienone is 1. The Hall–Kier alpha value is -3.13. The van der Waals surface area contributed by atoms with E-state index in [9.17, 15) is 39.6 Å². The van der Waals surface area contributed by atoms with E-state index in [0.717, 1.165) is 19.3 Å². The number of carbonyl (C=O) groups excluding carboxylic acids is 4. The molecule has 6 N–H and O–H groups in total. The third kappa shape index (κ3) is 4.80. The molecule has 0 radical (unpaired) electrons. The average molecular weight is 682 g/mol. The van der Waals surface area contributed by atoms with E-state index in [4.69, 9.17) is 11.6 Å². The van der Waals surface area contributed by atoms with Crippen molar-refractivity contribution >= 4 is 56.6 Å². The molecule has 1 aromatic carbocycles. The first kappa shape index (κ1) is 31.3. The molecule has 1 aromatic rings. The number of fused-ring (bicyclic) bond motifs is 3. The van der Waals surface area contributed by atoms with Crippen LogP contribution in [0.1, 0.15) is 48.0 Å². The second-order valence-corrected chi connectivity index (χ2v) is 14.3. The lowest BCUT2D eigenvalue weighted by Crippen LogP contribution is -2.64. The zero-order chi connectivity index (χ0) is 31.8. The molecular formula is C29H34BrClN4O8. The van der Waals surface area contributed by atoms with E-state index < -0.39 is 69.7 Å². The number of alkyl halides is 1. The number of phenols is 1. The number of anilines is 1. The topological polar surface area (TPSA) is 180 Å². The Labute approximate surface area is 261 Å². The van der Waals surface area contributed by atoms with Crippen molar-refractivity contribution in [3.63, 3.8) is 0 Å². The molecule has 5 rings (SSSR count). The molecule has 0 heterocycles. The van der Waals surface area contributed by atoms with Crippen LogP contribution in [0.4, 0.5) is 5.69 Å². The lowest BCUT2D eigenvalue weighted by Gasteiger charge is -2.50. The number of nitrogens with one attached hydrogen (secondary N) is 2. The number of hydrazine groups is 1. The highest BCUT2D eigenvalue weighted by Gasteiger charge is 2.63. The second-order valence-electron chi connectivity index (χ2n) is 12.3. The van der Waals surface area contributed by atoms with Crippen molar-refractivity contribution in [2.75, 3.05) is 33.1 Å². The predicted molar refractivity (Wildman–Crippen MR) is 160 cm³/mol. The fourth-order valence-corrected chi connectivity index (χ4v) is 8.20. The molecule has 0 saturated heterocycles. The Kier molecular flexibility index (Phi) is 7.86. The van der Waals surface area contributed by atoms with Gasteiger partial charge in [0.2, 0.25) is 11.7 Å². The molecular weight excluding hydrogens is 648 g/mol. The number of aliphatic hydroxyl groups is 3. The van der Waals surface area contributed by atoms with Gasteiger partial charge in [0.05, 0.1) is 22.3 Å². The minimum absolute atomic E-state index is 0.0289. The van der Waals surface area contributed by atoms with Crippen LogP contribution < -0.4 is 15.8 Å². The number of carbonyl (C=O) groups is 4. The van der Waals surface area contributed by atoms with Crippen molar-refractivity contribution in [2.24, 2.45) is 11.8 Å². The Morgan fingerprint density at radius 1 is 1.12 bits per heavy atom. The number of hydrogen-bond acceptors (Lipinski definition) is 10. The number of nitrogens with zero attached hydrogens (tertiary/aromatic N) is 2. The molecule has 43 heavy (non-hydrogen) atoms. The minimum atomic E-state index is -2.75. The lowest BCUT2D eigenvalue weighted by molar-refractivity contribution is -0.149. The SMILES string of the molecule is CN(C)c1c(Cl)cc(O)c2c1CC1CC3[C@H](N(C)C)C(O)=C(C(=O)NNC(=O)CC4(Br)CCC4)C(=O)[C@@]3(O)C(O)=C1C2=O. The van der Waals surface area contributed by atoms with Crippen LogP contribution in [0, 0.1) is 11.8 Å². The standard InChI is InChI=1S/C29H34BrClN4O8/c1-34(2)21-13-8-12-9-14-22(35(3)4)24(39)20(27(42)33-32-17(37)11-28(30)6-5-7-28)26(41)29(14,43)25(40)18(12)23(38)19(13)16(36)10-15(21)31/h10,12,14,22,36,39-40,43H,5-9,11H2,1-4H3,(H,32,37)(H,33,42)/t12?,14?,22-,29-/m0/s1. The summed E-state index contributed by atoms with van der Waals surface area (Å²) in [7, 11) is 6.61. The van der Waals surface area contributed by atoms with E-state index in [1.807, 2.05) is 0 Å². The molecule has 1 saturated carbocycles. The zero-order valence-electron chi connectivity index (χ0n) is 24.1. The van der Waals surface area contributed by atoms with Gasteiger partial charge in [-0.15, -0.1) is 0 Å². The van der Waals surface area contributed by atoms with Crippen molar-refractivity contribution in [1.82, 2.24) is 15.8 Å². The minimum Gasteiger partial charge on any atom is -0.510 e. The number of amides is 2. The van der Waals surface area contributed by atoms with E-state index in [-0.39, 0.29) is 39.7 Å². The maximum absolute atomic E-state index is 13.9. The summed E-state index contributed by atoms with van der Waals surface area (Å²) in [5.41, 5.74) is 1.38. The van der Waals surface area contributed by atoms with Crippen LogP contribution >= 0.6 is 27.5 Å². The van der Waals surface area contributed by atoms with E-state index in [1.165, 1.54) is 11.0 Å². The summed E-state index contributed by atoms with van der Waals surface area (Å²) in [6.07, 6.45) is 2.73. The molecule has 0 bridgehead atoms. The Morgan fingerprint density at radius 3 is 2.33 bits per heavy atom. The number of ketones is 2. The van der Waals surface area contributed by atoms with Gasteiger partial charge in [-0.05, 0) is 51.3 Å². The van der Waals surface area contributed by atoms with Gasteiger partial charge in [-0.3, -0.25) is 34.9 Å². The highest BCUT2D eigenvalue weighted by molar-refractivity contribution is 9.10. The fourth-order valence-electron chi connectivity index (χ4n) is 7.00. The molecule has 1 fully saturated rings. The van der Waals surface area contributed by atoms with Crippen molar-refractivity contribution in [3.8, 4) is 5.75 Å². The fraction of sp³-hybridized carbons (Fsp3) is 0.517. The Morgan fingerprint density at radius 2 is 1.77 bits per heavy atom. The van der Waals surface area contributed by atoms with Crippen LogP contribution in [-0.4, -0.2) is 92.9 Å². The molecule has 4 atom stereocenters. The van der Waals surface area contributed by atoms with Crippen molar-refractivity contribution < 1.29 is 39.6 Å². The molecule has 12 nitrogen and oxygen atoms in total. The van der Waals surface area contributed by atoms with Gasteiger partial charge < -0.3 is 25.3 Å². The van der Waals surface area contributed by atoms with Crippen LogP contribution in [0.2, 0.25) is 5.02 Å². The second kappa shape index (κ2) is 10.8. The molecule has 14 heteroatoms. The van der Waals surface area contributed by atoms with Gasteiger partial charge in [0, 0.05) is 42.4 Å². The van der Waals surface area contributed by atoms with Gasteiger partial charge in [0.25, 0.3) is 5.91 Å². The summed E-state index contributed by atoms with van der Waals surface area (Å²) in [4.78, 5) is 56.6. The highest BCUT2D eigenvalue weighted by Crippen LogP contribution is 2.54. The molecule has 0 spiro atoms. The highest BCUT2D eigenvalue weighted by atomic mass is 79.9. The third-order valence-electron chi connectivity index (χ3n) is 9.12. The summed E-state index contributed by atoms with van der Waals surface area (Å²) < 4.78 is -0.364. The lowest BCUT2D eigenvalue weighted by atomic mass is 9.58. The van der Waals surface area contributed by atoms with Gasteiger partial charge in [-0.25, -0.2) is 0 Å². The first-order valence-corrected chi connectivity index (χ1v) is 15.0. The van der Waals surface area contributed by atoms with Crippen LogP contribution in [0.3, 0.4) is 0 Å². The average Bonchev–Trinajstić information content (AvgIpc) is 2.88. The van der Waals surface area contributed by atoms with Gasteiger partial charge in [-0.1, -0.05) is 34.0 Å². The monoisotopic (exact) mass is 680 g/mol. The number of Topliss-reactive ketones (excluding diaryl/α,β-unsaturated/α-hetero) is 2. The molecule has 2 unspecified atom stereocenters. The maximum atomic E-state index is 13.9. The Balaban J connectivity index is 1.55. The van der Waals surface area contributed by atoms with Crippen LogP contribution in [-0.2, 0) is 20.8 Å². The summed E-state index contributed by atoms with van der Waals surface area (Å²) in [6, 6.07) is 0.0980. The van der Waals surface area contributed by atoms with Crippen LogP contribution in [0.25, 0.3) is 0 Å². The summed E-state index contributed by atoms with van der Waals surface area (Å²) in [5, 5.41) is 45.7. The van der Waals surface area contributed by atoms with Crippen LogP contribution in [0.15, 0.2) is 28.7 Å². The van der Waals surface area contributed by atoms with E-state index in [0.29, 0.717) is 11.3 Å². The molecule has 2 amide bonds. The number of likely N-dealkylation sites (N-methyl/N-ethyl adjacent to an activating group) is 1. The number of hydrogen-bond donors (Lipinski definition) is 6.